The van der Waals surface area contributed by atoms with E-state index in [1.54, 1.807) is 18.2 Å². The third kappa shape index (κ3) is 4.67. The molecule has 1 heterocycles. The molecule has 3 nitrogen and oxygen atoms in total. The van der Waals surface area contributed by atoms with Gasteiger partial charge in [-0.05, 0) is 25.5 Å². The number of nitrogens with zero attached hydrogens (tertiary/aromatic N) is 1. The maximum atomic E-state index is 12.1. The van der Waals surface area contributed by atoms with Gasteiger partial charge in [-0.2, -0.15) is 0 Å². The van der Waals surface area contributed by atoms with Crippen molar-refractivity contribution in [3.05, 3.63) is 41.2 Å². The van der Waals surface area contributed by atoms with Crippen molar-refractivity contribution in [1.82, 2.24) is 10.3 Å². The molecule has 0 spiro atoms. The van der Waals surface area contributed by atoms with Crippen molar-refractivity contribution in [1.29, 1.82) is 0 Å². The Morgan fingerprint density at radius 3 is 2.68 bits per heavy atom. The van der Waals surface area contributed by atoms with Gasteiger partial charge in [0, 0.05) is 22.7 Å². The molecule has 104 valence electrons. The molecule has 0 aliphatic heterocycles. The van der Waals surface area contributed by atoms with Gasteiger partial charge in [0.15, 0.2) is 0 Å². The minimum Gasteiger partial charge on any atom is -0.349 e. The molecule has 0 radical (unpaired) electrons. The van der Waals surface area contributed by atoms with Crippen LogP contribution in [0.25, 0.3) is 0 Å². The molecule has 0 aliphatic rings. The first-order chi connectivity index (χ1) is 8.74. The van der Waals surface area contributed by atoms with E-state index in [0.717, 1.165) is 12.1 Å². The molecule has 0 saturated carbocycles. The lowest BCUT2D eigenvalue weighted by Crippen LogP contribution is -2.32. The van der Waals surface area contributed by atoms with Crippen LogP contribution in [0.3, 0.4) is 0 Å². The third-order valence-electron chi connectivity index (χ3n) is 2.72. The van der Waals surface area contributed by atoms with Gasteiger partial charge in [-0.3, -0.25) is 4.79 Å². The summed E-state index contributed by atoms with van der Waals surface area (Å²) in [7, 11) is 0. The van der Waals surface area contributed by atoms with Gasteiger partial charge in [0.1, 0.15) is 5.15 Å². The molecule has 1 amide bonds. The summed E-state index contributed by atoms with van der Waals surface area (Å²) in [6, 6.07) is 3.43. The zero-order chi connectivity index (χ0) is 14.6. The maximum Gasteiger partial charge on any atom is 0.251 e. The number of amides is 1. The first-order valence-corrected chi connectivity index (χ1v) is 6.71. The number of carbonyl (C=O) groups excluding carboxylic acids is 1. The number of pyridine rings is 1. The zero-order valence-corrected chi connectivity index (χ0v) is 12.7. The van der Waals surface area contributed by atoms with Crippen molar-refractivity contribution in [3.63, 3.8) is 0 Å². The molecular weight excluding hydrogens is 260 g/mol. The van der Waals surface area contributed by atoms with Gasteiger partial charge in [0.25, 0.3) is 5.91 Å². The largest absolute Gasteiger partial charge is 0.349 e. The van der Waals surface area contributed by atoms with Crippen molar-refractivity contribution in [2.24, 2.45) is 0 Å². The van der Waals surface area contributed by atoms with Crippen LogP contribution in [0.1, 0.15) is 50.2 Å². The van der Waals surface area contributed by atoms with Crippen LogP contribution >= 0.6 is 11.6 Å². The monoisotopic (exact) mass is 280 g/mol. The summed E-state index contributed by atoms with van der Waals surface area (Å²) in [6.07, 6.45) is 2.52. The second kappa shape index (κ2) is 6.20. The molecule has 1 aromatic heterocycles. The van der Waals surface area contributed by atoms with E-state index in [1.165, 1.54) is 0 Å². The van der Waals surface area contributed by atoms with E-state index in [1.807, 2.05) is 27.7 Å². The van der Waals surface area contributed by atoms with E-state index in [4.69, 9.17) is 11.6 Å². The van der Waals surface area contributed by atoms with Crippen molar-refractivity contribution in [2.45, 2.75) is 45.6 Å². The summed E-state index contributed by atoms with van der Waals surface area (Å²) < 4.78 is 0. The van der Waals surface area contributed by atoms with E-state index in [2.05, 4.69) is 16.9 Å². The van der Waals surface area contributed by atoms with Crippen LogP contribution in [0.15, 0.2) is 24.8 Å². The predicted molar refractivity (Wildman–Crippen MR) is 79.7 cm³/mol. The van der Waals surface area contributed by atoms with E-state index in [0.29, 0.717) is 10.7 Å². The molecule has 0 aromatic carbocycles. The van der Waals surface area contributed by atoms with Gasteiger partial charge in [-0.1, -0.05) is 38.4 Å². The predicted octanol–water partition coefficient (Wildman–Crippen LogP) is 3.73. The molecule has 1 aromatic rings. The highest BCUT2D eigenvalue weighted by atomic mass is 35.5. The van der Waals surface area contributed by atoms with E-state index in [9.17, 15) is 4.79 Å². The summed E-state index contributed by atoms with van der Waals surface area (Å²) in [5, 5.41) is 3.25. The van der Waals surface area contributed by atoms with Crippen LogP contribution in [0, 0.1) is 0 Å². The van der Waals surface area contributed by atoms with Crippen molar-refractivity contribution >= 4 is 17.5 Å². The second-order valence-electron chi connectivity index (χ2n) is 5.71. The topological polar surface area (TPSA) is 42.0 Å². The molecule has 1 rings (SSSR count). The Kier molecular flexibility index (Phi) is 5.12. The van der Waals surface area contributed by atoms with Gasteiger partial charge in [0.2, 0.25) is 0 Å². The standard InChI is InChI=1S/C15H21ClN2O/c1-6-7-10(2)17-14(19)11-8-12(15(3,4)5)18-13(16)9-11/h6,8-10H,1,7H2,2-5H3,(H,17,19). The van der Waals surface area contributed by atoms with Crippen LogP contribution in [-0.4, -0.2) is 16.9 Å². The molecular formula is C15H21ClN2O. The molecule has 1 unspecified atom stereocenters. The van der Waals surface area contributed by atoms with Gasteiger partial charge >= 0.3 is 0 Å². The Balaban J connectivity index is 2.97. The Morgan fingerprint density at radius 1 is 1.53 bits per heavy atom. The van der Waals surface area contributed by atoms with Crippen LogP contribution in [0.5, 0.6) is 0 Å². The molecule has 0 saturated heterocycles. The Bertz CT molecular complexity index is 478. The van der Waals surface area contributed by atoms with E-state index in [-0.39, 0.29) is 17.4 Å². The first kappa shape index (κ1) is 15.7. The van der Waals surface area contributed by atoms with Crippen LogP contribution in [-0.2, 0) is 5.41 Å². The van der Waals surface area contributed by atoms with E-state index >= 15 is 0 Å². The molecule has 0 bridgehead atoms. The number of halogens is 1. The fraction of sp³-hybridized carbons (Fsp3) is 0.467. The van der Waals surface area contributed by atoms with Gasteiger partial charge in [-0.15, -0.1) is 6.58 Å². The highest BCUT2D eigenvalue weighted by molar-refractivity contribution is 6.29. The molecule has 0 fully saturated rings. The van der Waals surface area contributed by atoms with Crippen LogP contribution in [0.4, 0.5) is 0 Å². The van der Waals surface area contributed by atoms with Crippen molar-refractivity contribution < 1.29 is 4.79 Å². The smallest absolute Gasteiger partial charge is 0.251 e. The highest BCUT2D eigenvalue weighted by Crippen LogP contribution is 2.23. The SMILES string of the molecule is C=CCC(C)NC(=O)c1cc(Cl)nc(C(C)(C)C)c1. The number of hydrogen-bond acceptors (Lipinski definition) is 2. The molecule has 19 heavy (non-hydrogen) atoms. The van der Waals surface area contributed by atoms with Gasteiger partial charge < -0.3 is 5.32 Å². The summed E-state index contributed by atoms with van der Waals surface area (Å²) in [6.45, 7) is 11.7. The minimum absolute atomic E-state index is 0.0510. The highest BCUT2D eigenvalue weighted by Gasteiger charge is 2.19. The molecule has 1 N–H and O–H groups in total. The lowest BCUT2D eigenvalue weighted by Gasteiger charge is -2.19. The molecule has 4 heteroatoms. The number of carbonyl (C=O) groups is 1. The van der Waals surface area contributed by atoms with Crippen LogP contribution in [0.2, 0.25) is 5.15 Å². The quantitative estimate of drug-likeness (QED) is 0.674. The lowest BCUT2D eigenvalue weighted by atomic mass is 9.91. The van der Waals surface area contributed by atoms with Crippen molar-refractivity contribution in [2.75, 3.05) is 0 Å². The summed E-state index contributed by atoms with van der Waals surface area (Å²) >= 11 is 5.99. The fourth-order valence-electron chi connectivity index (χ4n) is 1.63. The average molecular weight is 281 g/mol. The van der Waals surface area contributed by atoms with E-state index < -0.39 is 0 Å². The number of hydrogen-bond donors (Lipinski definition) is 1. The number of nitrogens with one attached hydrogen (secondary N) is 1. The van der Waals surface area contributed by atoms with Crippen LogP contribution < -0.4 is 5.32 Å². The lowest BCUT2D eigenvalue weighted by molar-refractivity contribution is 0.0940. The number of aromatic nitrogens is 1. The summed E-state index contributed by atoms with van der Waals surface area (Å²) in [4.78, 5) is 16.4. The summed E-state index contributed by atoms with van der Waals surface area (Å²) in [5.41, 5.74) is 1.20. The maximum absolute atomic E-state index is 12.1. The van der Waals surface area contributed by atoms with Gasteiger partial charge in [-0.25, -0.2) is 4.98 Å². The Labute approximate surface area is 120 Å². The molecule has 1 atom stereocenters. The average Bonchev–Trinajstić information content (AvgIpc) is 2.27. The molecule has 0 aliphatic carbocycles. The second-order valence-corrected chi connectivity index (χ2v) is 6.10. The Hall–Kier alpha value is -1.35. The normalized spacial score (nSPS) is 12.9. The van der Waals surface area contributed by atoms with Gasteiger partial charge in [0.05, 0.1) is 0 Å². The summed E-state index contributed by atoms with van der Waals surface area (Å²) in [5.74, 6) is -0.135. The third-order valence-corrected chi connectivity index (χ3v) is 2.92. The Morgan fingerprint density at radius 2 is 2.16 bits per heavy atom. The first-order valence-electron chi connectivity index (χ1n) is 6.34. The minimum atomic E-state index is -0.146. The fourth-order valence-corrected chi connectivity index (χ4v) is 1.84. The number of rotatable bonds is 4. The zero-order valence-electron chi connectivity index (χ0n) is 12.0. The van der Waals surface area contributed by atoms with Crippen molar-refractivity contribution in [3.8, 4) is 0 Å².